The van der Waals surface area contributed by atoms with Crippen LogP contribution in [0.3, 0.4) is 0 Å². The molecule has 2 aromatic rings. The Morgan fingerprint density at radius 2 is 1.88 bits per heavy atom. The fourth-order valence-corrected chi connectivity index (χ4v) is 4.48. The summed E-state index contributed by atoms with van der Waals surface area (Å²) in [6.07, 6.45) is 5.29. The lowest BCUT2D eigenvalue weighted by atomic mass is 9.95. The zero-order chi connectivity index (χ0) is 23.1. The van der Waals surface area contributed by atoms with Crippen molar-refractivity contribution in [3.8, 4) is 5.75 Å². The van der Waals surface area contributed by atoms with Crippen LogP contribution in [0.2, 0.25) is 5.02 Å². The lowest BCUT2D eigenvalue weighted by Gasteiger charge is -2.31. The van der Waals surface area contributed by atoms with Gasteiger partial charge in [-0.05, 0) is 55.7 Å². The highest BCUT2D eigenvalue weighted by Gasteiger charge is 2.28. The molecule has 0 unspecified atom stereocenters. The van der Waals surface area contributed by atoms with Crippen LogP contribution in [0, 0.1) is 5.82 Å². The SMILES string of the molecule is C[C@H](C(=O)NC1CCCCC1)N(Cc1ccc(F)cc1)C(=O)COc1ccc(Br)cc1Cl. The van der Waals surface area contributed by atoms with Gasteiger partial charge in [-0.2, -0.15) is 0 Å². The Morgan fingerprint density at radius 3 is 2.53 bits per heavy atom. The first-order valence-corrected chi connectivity index (χ1v) is 11.9. The minimum Gasteiger partial charge on any atom is -0.482 e. The number of benzene rings is 2. The van der Waals surface area contributed by atoms with Crippen LogP contribution in [0.4, 0.5) is 4.39 Å². The molecule has 0 spiro atoms. The third-order valence-electron chi connectivity index (χ3n) is 5.63. The quantitative estimate of drug-likeness (QED) is 0.496. The maximum atomic E-state index is 13.3. The van der Waals surface area contributed by atoms with Crippen molar-refractivity contribution in [2.24, 2.45) is 0 Å². The van der Waals surface area contributed by atoms with Crippen molar-refractivity contribution in [2.45, 2.75) is 57.7 Å². The molecule has 1 atom stereocenters. The molecule has 3 rings (SSSR count). The van der Waals surface area contributed by atoms with Gasteiger partial charge in [0, 0.05) is 17.1 Å². The predicted molar refractivity (Wildman–Crippen MR) is 126 cm³/mol. The summed E-state index contributed by atoms with van der Waals surface area (Å²) >= 11 is 9.51. The molecule has 0 aliphatic heterocycles. The number of hydrogen-bond donors (Lipinski definition) is 1. The highest BCUT2D eigenvalue weighted by atomic mass is 79.9. The molecule has 0 saturated heterocycles. The minimum atomic E-state index is -0.710. The molecule has 5 nitrogen and oxygen atoms in total. The summed E-state index contributed by atoms with van der Waals surface area (Å²) in [5.74, 6) is -0.541. The fraction of sp³-hybridized carbons (Fsp3) is 0.417. The molecule has 2 aromatic carbocycles. The van der Waals surface area contributed by atoms with E-state index in [1.54, 1.807) is 37.3 Å². The third kappa shape index (κ3) is 6.94. The predicted octanol–water partition coefficient (Wildman–Crippen LogP) is 5.49. The van der Waals surface area contributed by atoms with E-state index >= 15 is 0 Å². The lowest BCUT2D eigenvalue weighted by Crippen LogP contribution is -2.51. The normalized spacial score (nSPS) is 15.1. The van der Waals surface area contributed by atoms with Crippen molar-refractivity contribution in [3.63, 3.8) is 0 Å². The summed E-state index contributed by atoms with van der Waals surface area (Å²) in [4.78, 5) is 27.5. The first-order chi connectivity index (χ1) is 15.3. The molecule has 1 fully saturated rings. The van der Waals surface area contributed by atoms with Crippen LogP contribution in [0.1, 0.15) is 44.6 Å². The summed E-state index contributed by atoms with van der Waals surface area (Å²) in [7, 11) is 0. The van der Waals surface area contributed by atoms with Crippen molar-refractivity contribution in [1.82, 2.24) is 10.2 Å². The van der Waals surface area contributed by atoms with Gasteiger partial charge < -0.3 is 15.0 Å². The number of ether oxygens (including phenoxy) is 1. The molecule has 1 N–H and O–H groups in total. The van der Waals surface area contributed by atoms with Crippen molar-refractivity contribution in [3.05, 3.63) is 63.3 Å². The summed E-state index contributed by atoms with van der Waals surface area (Å²) in [5.41, 5.74) is 0.721. The molecule has 1 aliphatic carbocycles. The number of rotatable bonds is 8. The molecule has 0 heterocycles. The van der Waals surface area contributed by atoms with Gasteiger partial charge in [0.15, 0.2) is 6.61 Å². The zero-order valence-corrected chi connectivity index (χ0v) is 20.3. The van der Waals surface area contributed by atoms with Crippen LogP contribution in [0.5, 0.6) is 5.75 Å². The van der Waals surface area contributed by atoms with Crippen molar-refractivity contribution in [1.29, 1.82) is 0 Å². The van der Waals surface area contributed by atoms with E-state index in [1.165, 1.54) is 23.5 Å². The molecule has 1 saturated carbocycles. The number of nitrogens with one attached hydrogen (secondary N) is 1. The maximum Gasteiger partial charge on any atom is 0.261 e. The van der Waals surface area contributed by atoms with E-state index in [-0.39, 0.29) is 36.8 Å². The minimum absolute atomic E-state index is 0.138. The molecular formula is C24H27BrClFN2O3. The molecule has 2 amide bonds. The highest BCUT2D eigenvalue weighted by molar-refractivity contribution is 9.10. The van der Waals surface area contributed by atoms with Gasteiger partial charge in [0.25, 0.3) is 5.91 Å². The number of nitrogens with zero attached hydrogens (tertiary/aromatic N) is 1. The van der Waals surface area contributed by atoms with Gasteiger partial charge in [-0.15, -0.1) is 0 Å². The smallest absolute Gasteiger partial charge is 0.261 e. The Labute approximate surface area is 201 Å². The van der Waals surface area contributed by atoms with Crippen LogP contribution in [-0.2, 0) is 16.1 Å². The van der Waals surface area contributed by atoms with Crippen LogP contribution in [0.15, 0.2) is 46.9 Å². The first-order valence-electron chi connectivity index (χ1n) is 10.8. The molecule has 0 aromatic heterocycles. The second-order valence-electron chi connectivity index (χ2n) is 8.03. The molecule has 0 radical (unpaired) electrons. The van der Waals surface area contributed by atoms with E-state index in [9.17, 15) is 14.0 Å². The second kappa shape index (κ2) is 11.7. The Balaban J connectivity index is 1.71. The molecule has 32 heavy (non-hydrogen) atoms. The molecule has 1 aliphatic rings. The van der Waals surface area contributed by atoms with Crippen LogP contribution in [0.25, 0.3) is 0 Å². The van der Waals surface area contributed by atoms with Gasteiger partial charge >= 0.3 is 0 Å². The topological polar surface area (TPSA) is 58.6 Å². The van der Waals surface area contributed by atoms with Gasteiger partial charge in [-0.1, -0.05) is 58.9 Å². The first kappa shape index (κ1) is 24.5. The van der Waals surface area contributed by atoms with Gasteiger partial charge in [-0.25, -0.2) is 4.39 Å². The number of carbonyl (C=O) groups excluding carboxylic acids is 2. The second-order valence-corrected chi connectivity index (χ2v) is 9.35. The largest absolute Gasteiger partial charge is 0.482 e. The molecule has 0 bridgehead atoms. The molecule has 172 valence electrons. The van der Waals surface area contributed by atoms with Crippen molar-refractivity contribution in [2.75, 3.05) is 6.61 Å². The van der Waals surface area contributed by atoms with E-state index in [4.69, 9.17) is 16.3 Å². The van der Waals surface area contributed by atoms with Gasteiger partial charge in [-0.3, -0.25) is 9.59 Å². The third-order valence-corrected chi connectivity index (χ3v) is 6.42. The van der Waals surface area contributed by atoms with Crippen LogP contribution in [-0.4, -0.2) is 35.4 Å². The van der Waals surface area contributed by atoms with Crippen molar-refractivity contribution >= 4 is 39.3 Å². The summed E-state index contributed by atoms with van der Waals surface area (Å²) in [6.45, 7) is 1.59. The van der Waals surface area contributed by atoms with Crippen LogP contribution >= 0.6 is 27.5 Å². The Bertz CT molecular complexity index is 935. The maximum absolute atomic E-state index is 13.3. The summed E-state index contributed by atoms with van der Waals surface area (Å²) in [6, 6.07) is 10.4. The zero-order valence-electron chi connectivity index (χ0n) is 18.0. The average molecular weight is 526 g/mol. The molecule has 8 heteroatoms. The van der Waals surface area contributed by atoms with E-state index in [0.29, 0.717) is 10.8 Å². The number of carbonyl (C=O) groups is 2. The summed E-state index contributed by atoms with van der Waals surface area (Å²) < 4.78 is 19.8. The van der Waals surface area contributed by atoms with Crippen molar-refractivity contribution < 1.29 is 18.7 Å². The average Bonchev–Trinajstić information content (AvgIpc) is 2.78. The monoisotopic (exact) mass is 524 g/mol. The van der Waals surface area contributed by atoms with Gasteiger partial charge in [0.1, 0.15) is 17.6 Å². The standard InChI is InChI=1S/C24H27BrClFN2O3/c1-16(24(31)28-20-5-3-2-4-6-20)29(14-17-7-10-19(27)11-8-17)23(30)15-32-22-12-9-18(25)13-21(22)26/h7-13,16,20H,2-6,14-15H2,1H3,(H,28,31)/t16-/m1/s1. The Kier molecular flexibility index (Phi) is 8.93. The van der Waals surface area contributed by atoms with Gasteiger partial charge in [0.2, 0.25) is 5.91 Å². The van der Waals surface area contributed by atoms with Crippen LogP contribution < -0.4 is 10.1 Å². The van der Waals surface area contributed by atoms with E-state index in [1.807, 2.05) is 0 Å². The molecular weight excluding hydrogens is 499 g/mol. The number of hydrogen-bond acceptors (Lipinski definition) is 3. The Hall–Kier alpha value is -2.12. The van der Waals surface area contributed by atoms with E-state index in [0.717, 1.165) is 35.7 Å². The van der Waals surface area contributed by atoms with E-state index in [2.05, 4.69) is 21.2 Å². The highest BCUT2D eigenvalue weighted by Crippen LogP contribution is 2.28. The fourth-order valence-electron chi connectivity index (χ4n) is 3.75. The summed E-state index contributed by atoms with van der Waals surface area (Å²) in [5, 5.41) is 3.45. The lowest BCUT2D eigenvalue weighted by molar-refractivity contribution is -0.142. The van der Waals surface area contributed by atoms with Gasteiger partial charge in [0.05, 0.1) is 5.02 Å². The Morgan fingerprint density at radius 1 is 1.19 bits per heavy atom. The van der Waals surface area contributed by atoms with E-state index < -0.39 is 6.04 Å². The number of halogens is 3. The number of amides is 2.